The molecule has 2 heterocycles. The highest BCUT2D eigenvalue weighted by Crippen LogP contribution is 2.32. The number of rotatable bonds is 4. The number of ether oxygens (including phenoxy) is 1. The molecule has 26 heavy (non-hydrogen) atoms. The van der Waals surface area contributed by atoms with E-state index in [0.717, 1.165) is 38.8 Å². The molecule has 2 fully saturated rings. The first kappa shape index (κ1) is 19.5. The third kappa shape index (κ3) is 4.00. The molecule has 0 saturated carbocycles. The van der Waals surface area contributed by atoms with Crippen molar-refractivity contribution in [3.05, 3.63) is 23.2 Å². The molecule has 1 aromatic rings. The highest BCUT2D eigenvalue weighted by molar-refractivity contribution is 7.89. The van der Waals surface area contributed by atoms with E-state index in [1.54, 1.807) is 12.1 Å². The quantitative estimate of drug-likeness (QED) is 0.779. The molecule has 0 aliphatic carbocycles. The summed E-state index contributed by atoms with van der Waals surface area (Å²) in [5.41, 5.74) is 0. The zero-order valence-corrected chi connectivity index (χ0v) is 16.6. The summed E-state index contributed by atoms with van der Waals surface area (Å²) in [4.78, 5) is 14.7. The number of amides is 1. The van der Waals surface area contributed by atoms with Crippen LogP contribution in [0.1, 0.15) is 32.1 Å². The van der Waals surface area contributed by atoms with Gasteiger partial charge in [0.2, 0.25) is 15.9 Å². The Morgan fingerprint density at radius 2 is 1.88 bits per heavy atom. The number of nitrogens with zero attached hydrogens (tertiary/aromatic N) is 2. The lowest BCUT2D eigenvalue weighted by molar-refractivity contribution is -0.137. The number of halogens is 1. The van der Waals surface area contributed by atoms with Crippen LogP contribution in [0.25, 0.3) is 0 Å². The average Bonchev–Trinajstić information content (AvgIpc) is 2.68. The Kier molecular flexibility index (Phi) is 6.10. The lowest BCUT2D eigenvalue weighted by Crippen LogP contribution is -2.47. The summed E-state index contributed by atoms with van der Waals surface area (Å²) in [7, 11) is -2.34. The minimum atomic E-state index is -3.77. The summed E-state index contributed by atoms with van der Waals surface area (Å²) in [6.45, 7) is 2.18. The number of piperidine rings is 2. The maximum atomic E-state index is 13.1. The Hall–Kier alpha value is -1.31. The summed E-state index contributed by atoms with van der Waals surface area (Å²) in [6.07, 6.45) is 4.62. The fourth-order valence-corrected chi connectivity index (χ4v) is 5.67. The highest BCUT2D eigenvalue weighted by Gasteiger charge is 2.36. The van der Waals surface area contributed by atoms with Gasteiger partial charge < -0.3 is 9.64 Å². The molecule has 0 N–H and O–H groups in total. The molecule has 8 heteroatoms. The van der Waals surface area contributed by atoms with Gasteiger partial charge in [-0.1, -0.05) is 11.6 Å². The highest BCUT2D eigenvalue weighted by atomic mass is 35.5. The third-order valence-corrected chi connectivity index (χ3v) is 7.27. The average molecular weight is 401 g/mol. The first-order chi connectivity index (χ1) is 12.4. The van der Waals surface area contributed by atoms with Gasteiger partial charge in [-0.15, -0.1) is 0 Å². The van der Waals surface area contributed by atoms with Crippen molar-refractivity contribution < 1.29 is 17.9 Å². The molecular formula is C18H25ClN2O4S. The Morgan fingerprint density at radius 3 is 2.58 bits per heavy atom. The molecule has 1 aromatic carbocycles. The molecule has 0 spiro atoms. The van der Waals surface area contributed by atoms with Crippen molar-refractivity contribution in [3.8, 4) is 5.75 Å². The fourth-order valence-electron chi connectivity index (χ4n) is 3.73. The summed E-state index contributed by atoms with van der Waals surface area (Å²) in [5, 5.41) is 0.335. The van der Waals surface area contributed by atoms with Crippen LogP contribution in [-0.4, -0.2) is 56.8 Å². The molecule has 1 atom stereocenters. The smallest absolute Gasteiger partial charge is 0.246 e. The maximum Gasteiger partial charge on any atom is 0.246 e. The van der Waals surface area contributed by atoms with Crippen LogP contribution >= 0.6 is 11.6 Å². The van der Waals surface area contributed by atoms with Gasteiger partial charge in [-0.2, -0.15) is 4.31 Å². The van der Waals surface area contributed by atoms with Gasteiger partial charge >= 0.3 is 0 Å². The number of likely N-dealkylation sites (tertiary alicyclic amines) is 1. The van der Waals surface area contributed by atoms with E-state index in [-0.39, 0.29) is 29.0 Å². The molecule has 144 valence electrons. The van der Waals surface area contributed by atoms with Crippen LogP contribution in [0.15, 0.2) is 23.1 Å². The molecule has 3 rings (SSSR count). The van der Waals surface area contributed by atoms with Crippen LogP contribution in [-0.2, 0) is 14.8 Å². The molecule has 0 aromatic heterocycles. The Morgan fingerprint density at radius 1 is 1.15 bits per heavy atom. The van der Waals surface area contributed by atoms with Gasteiger partial charge in [-0.3, -0.25) is 4.79 Å². The number of sulfonamides is 1. The lowest BCUT2D eigenvalue weighted by atomic mass is 9.97. The molecule has 2 aliphatic heterocycles. The second-order valence-corrected chi connectivity index (χ2v) is 9.23. The van der Waals surface area contributed by atoms with Crippen molar-refractivity contribution in [2.24, 2.45) is 5.92 Å². The monoisotopic (exact) mass is 400 g/mol. The van der Waals surface area contributed by atoms with Crippen molar-refractivity contribution in [2.75, 3.05) is 33.3 Å². The van der Waals surface area contributed by atoms with E-state index in [0.29, 0.717) is 18.0 Å². The summed E-state index contributed by atoms with van der Waals surface area (Å²) in [5.74, 6) is 0.0725. The second kappa shape index (κ2) is 8.15. The van der Waals surface area contributed by atoms with E-state index < -0.39 is 10.0 Å². The number of carbonyl (C=O) groups excluding carboxylic acids is 1. The molecule has 2 aliphatic rings. The number of hydrogen-bond donors (Lipinski definition) is 0. The molecular weight excluding hydrogens is 376 g/mol. The predicted octanol–water partition coefficient (Wildman–Crippen LogP) is 2.76. The SMILES string of the molecule is COc1ccc(Cl)cc1S(=O)(=O)N1CCC[C@H](C(=O)N2CCCCC2)C1. The van der Waals surface area contributed by atoms with Gasteiger partial charge in [-0.25, -0.2) is 8.42 Å². The molecule has 0 radical (unpaired) electrons. The third-order valence-electron chi connectivity index (χ3n) is 5.14. The van der Waals surface area contributed by atoms with E-state index in [9.17, 15) is 13.2 Å². The maximum absolute atomic E-state index is 13.1. The standard InChI is InChI=1S/C18H25ClN2O4S/c1-25-16-8-7-15(19)12-17(16)26(23,24)21-11-5-6-14(13-21)18(22)20-9-3-2-4-10-20/h7-8,12,14H,2-6,9-11,13H2,1H3/t14-/m0/s1. The first-order valence-electron chi connectivity index (χ1n) is 9.06. The van der Waals surface area contributed by atoms with Gasteiger partial charge in [0, 0.05) is 31.2 Å². The number of hydrogen-bond acceptors (Lipinski definition) is 4. The van der Waals surface area contributed by atoms with Crippen molar-refractivity contribution in [1.82, 2.24) is 9.21 Å². The summed E-state index contributed by atoms with van der Waals surface area (Å²) >= 11 is 6.00. The molecule has 2 saturated heterocycles. The van der Waals surface area contributed by atoms with Gasteiger partial charge in [-0.05, 0) is 50.3 Å². The molecule has 0 bridgehead atoms. The largest absolute Gasteiger partial charge is 0.495 e. The van der Waals surface area contributed by atoms with Gasteiger partial charge in [0.1, 0.15) is 10.6 Å². The van der Waals surface area contributed by atoms with Crippen molar-refractivity contribution in [3.63, 3.8) is 0 Å². The second-order valence-electron chi connectivity index (χ2n) is 6.88. The number of carbonyl (C=O) groups is 1. The normalized spacial score (nSPS) is 22.2. The van der Waals surface area contributed by atoms with Crippen LogP contribution in [0.2, 0.25) is 5.02 Å². The van der Waals surface area contributed by atoms with Gasteiger partial charge in [0.25, 0.3) is 0 Å². The van der Waals surface area contributed by atoms with Gasteiger partial charge in [0.05, 0.1) is 13.0 Å². The Labute approximate surface area is 160 Å². The van der Waals surface area contributed by atoms with E-state index >= 15 is 0 Å². The van der Waals surface area contributed by atoms with Gasteiger partial charge in [0.15, 0.2) is 0 Å². The molecule has 6 nitrogen and oxygen atoms in total. The topological polar surface area (TPSA) is 66.9 Å². The van der Waals surface area contributed by atoms with E-state index in [1.165, 1.54) is 17.5 Å². The Bertz CT molecular complexity index is 762. The Balaban J connectivity index is 1.80. The zero-order valence-electron chi connectivity index (χ0n) is 15.0. The van der Waals surface area contributed by atoms with E-state index in [1.807, 2.05) is 4.90 Å². The number of benzene rings is 1. The minimum absolute atomic E-state index is 0.0542. The van der Waals surface area contributed by atoms with Crippen LogP contribution < -0.4 is 4.74 Å². The van der Waals surface area contributed by atoms with Crippen LogP contribution in [0.3, 0.4) is 0 Å². The lowest BCUT2D eigenvalue weighted by Gasteiger charge is -2.35. The van der Waals surface area contributed by atoms with Crippen LogP contribution in [0.4, 0.5) is 0 Å². The van der Waals surface area contributed by atoms with Crippen LogP contribution in [0, 0.1) is 5.92 Å². The van der Waals surface area contributed by atoms with Crippen molar-refractivity contribution in [2.45, 2.75) is 37.0 Å². The summed E-state index contributed by atoms with van der Waals surface area (Å²) in [6, 6.07) is 4.56. The minimum Gasteiger partial charge on any atom is -0.495 e. The van der Waals surface area contributed by atoms with Crippen LogP contribution in [0.5, 0.6) is 5.75 Å². The van der Waals surface area contributed by atoms with Crippen molar-refractivity contribution >= 4 is 27.5 Å². The first-order valence-corrected chi connectivity index (χ1v) is 10.9. The van der Waals surface area contributed by atoms with E-state index in [4.69, 9.17) is 16.3 Å². The zero-order chi connectivity index (χ0) is 18.7. The van der Waals surface area contributed by atoms with E-state index in [2.05, 4.69) is 0 Å². The molecule has 1 amide bonds. The number of methoxy groups -OCH3 is 1. The molecule has 0 unspecified atom stereocenters. The predicted molar refractivity (Wildman–Crippen MR) is 99.9 cm³/mol. The fraction of sp³-hybridized carbons (Fsp3) is 0.611. The summed E-state index contributed by atoms with van der Waals surface area (Å²) < 4.78 is 32.9. The van der Waals surface area contributed by atoms with Crippen molar-refractivity contribution in [1.29, 1.82) is 0 Å².